The summed E-state index contributed by atoms with van der Waals surface area (Å²) in [6.45, 7) is 3.06. The number of para-hydroxylation sites is 2. The molecule has 1 heterocycles. The molecule has 0 aliphatic heterocycles. The van der Waals surface area contributed by atoms with Crippen molar-refractivity contribution in [3.63, 3.8) is 0 Å². The first kappa shape index (κ1) is 27.7. The van der Waals surface area contributed by atoms with Gasteiger partial charge in [0.05, 0.1) is 16.4 Å². The van der Waals surface area contributed by atoms with Crippen molar-refractivity contribution in [1.29, 1.82) is 0 Å². The van der Waals surface area contributed by atoms with E-state index in [4.69, 9.17) is 4.98 Å². The molecule has 0 saturated carbocycles. The van der Waals surface area contributed by atoms with Crippen molar-refractivity contribution in [3.8, 4) is 44.8 Å². The molecule has 0 amide bonds. The lowest BCUT2D eigenvalue weighted by Crippen LogP contribution is -2.26. The van der Waals surface area contributed by atoms with Crippen molar-refractivity contribution >= 4 is 32.6 Å². The zero-order chi connectivity index (χ0) is 33.0. The zero-order valence-electron chi connectivity index (χ0n) is 27.7. The van der Waals surface area contributed by atoms with Crippen LogP contribution in [0.4, 0.5) is 0 Å². The Hall–Kier alpha value is -6.25. The summed E-state index contributed by atoms with van der Waals surface area (Å²) in [7, 11) is 0. The van der Waals surface area contributed by atoms with Crippen LogP contribution >= 0.6 is 0 Å². The predicted octanol–water partition coefficient (Wildman–Crippen LogP) is 12.0. The van der Waals surface area contributed by atoms with E-state index in [-0.39, 0.29) is 0 Å². The van der Waals surface area contributed by atoms with Gasteiger partial charge in [-0.25, -0.2) is 4.98 Å². The van der Waals surface area contributed by atoms with Gasteiger partial charge < -0.3 is 4.57 Å². The standard InChI is InChI=1S/C48H32N2/c1-2-50-44-18-10-9-17-43(44)49-47(50)32-21-19-30(20-22-32)33-24-26-36-34(29-33)25-28-40-39-27-23-31-11-3-4-12-35(31)45(39)48(46(36)40)41-15-7-5-13-37(41)38-14-6-8-16-42(38)48/h3-29H,2H2,1H3. The summed E-state index contributed by atoms with van der Waals surface area (Å²) in [5.74, 6) is 1.02. The van der Waals surface area contributed by atoms with E-state index in [1.54, 1.807) is 0 Å². The Kier molecular flexibility index (Phi) is 5.61. The highest BCUT2D eigenvalue weighted by Gasteiger charge is 2.53. The Bertz CT molecular complexity index is 2810. The Balaban J connectivity index is 1.12. The van der Waals surface area contributed by atoms with Crippen LogP contribution < -0.4 is 0 Å². The first-order chi connectivity index (χ1) is 24.8. The maximum absolute atomic E-state index is 5.00. The van der Waals surface area contributed by atoms with E-state index < -0.39 is 5.41 Å². The fourth-order valence-corrected chi connectivity index (χ4v) is 9.36. The highest BCUT2D eigenvalue weighted by molar-refractivity contribution is 6.09. The maximum Gasteiger partial charge on any atom is 0.141 e. The molecule has 0 fully saturated rings. The normalized spacial score (nSPS) is 13.5. The molecule has 1 spiro atoms. The Morgan fingerprint density at radius 3 is 1.80 bits per heavy atom. The average Bonchev–Trinajstić information content (AvgIpc) is 3.82. The highest BCUT2D eigenvalue weighted by atomic mass is 15.1. The molecule has 0 radical (unpaired) electrons. The molecule has 0 N–H and O–H groups in total. The molecular formula is C48H32N2. The van der Waals surface area contributed by atoms with E-state index in [0.717, 1.165) is 23.4 Å². The molecule has 2 nitrogen and oxygen atoms in total. The van der Waals surface area contributed by atoms with Crippen LogP contribution in [0, 0.1) is 0 Å². The van der Waals surface area contributed by atoms with Crippen LogP contribution in [-0.4, -0.2) is 9.55 Å². The number of nitrogens with zero attached hydrogens (tertiary/aromatic N) is 2. The van der Waals surface area contributed by atoms with Crippen molar-refractivity contribution in [1.82, 2.24) is 9.55 Å². The summed E-state index contributed by atoms with van der Waals surface area (Å²) in [5, 5.41) is 5.18. The first-order valence-corrected chi connectivity index (χ1v) is 17.6. The second kappa shape index (κ2) is 10.1. The van der Waals surface area contributed by atoms with E-state index >= 15 is 0 Å². The molecule has 0 saturated heterocycles. The van der Waals surface area contributed by atoms with Crippen molar-refractivity contribution in [2.75, 3.05) is 0 Å². The number of aryl methyl sites for hydroxylation is 1. The van der Waals surface area contributed by atoms with E-state index in [0.29, 0.717) is 0 Å². The van der Waals surface area contributed by atoms with Gasteiger partial charge in [-0.15, -0.1) is 0 Å². The summed E-state index contributed by atoms with van der Waals surface area (Å²) in [4.78, 5) is 5.00. The molecule has 0 unspecified atom stereocenters. The molecule has 0 bridgehead atoms. The van der Waals surface area contributed by atoms with Gasteiger partial charge in [0.15, 0.2) is 0 Å². The summed E-state index contributed by atoms with van der Waals surface area (Å²) in [5.41, 5.74) is 16.3. The van der Waals surface area contributed by atoms with Crippen molar-refractivity contribution in [3.05, 3.63) is 186 Å². The summed E-state index contributed by atoms with van der Waals surface area (Å²) < 4.78 is 2.30. The minimum atomic E-state index is -0.411. The third-order valence-corrected chi connectivity index (χ3v) is 11.4. The molecule has 2 aliphatic carbocycles. The van der Waals surface area contributed by atoms with Gasteiger partial charge in [-0.3, -0.25) is 0 Å². The SMILES string of the molecule is CCn1c(-c2ccc(-c3ccc4c5c(ccc4c3)-c3ccc4ccccc4c3C53c4ccccc4-c4ccccc43)cc2)nc2ccccc21. The number of rotatable bonds is 3. The third-order valence-electron chi connectivity index (χ3n) is 11.4. The lowest BCUT2D eigenvalue weighted by molar-refractivity contribution is 0.796. The molecule has 1 aromatic heterocycles. The number of aromatic nitrogens is 2. The van der Waals surface area contributed by atoms with Gasteiger partial charge >= 0.3 is 0 Å². The minimum absolute atomic E-state index is 0.411. The molecule has 11 rings (SSSR count). The summed E-state index contributed by atoms with van der Waals surface area (Å²) in [6, 6.07) is 60.9. The van der Waals surface area contributed by atoms with Crippen LogP contribution in [-0.2, 0) is 12.0 Å². The van der Waals surface area contributed by atoms with Crippen LogP contribution in [0.5, 0.6) is 0 Å². The monoisotopic (exact) mass is 636 g/mol. The summed E-state index contributed by atoms with van der Waals surface area (Å²) >= 11 is 0. The van der Waals surface area contributed by atoms with Crippen LogP contribution in [0.2, 0.25) is 0 Å². The largest absolute Gasteiger partial charge is 0.324 e. The van der Waals surface area contributed by atoms with Crippen molar-refractivity contribution in [2.24, 2.45) is 0 Å². The van der Waals surface area contributed by atoms with Crippen molar-refractivity contribution < 1.29 is 0 Å². The number of benzene rings is 8. The fourth-order valence-electron chi connectivity index (χ4n) is 9.36. The van der Waals surface area contributed by atoms with Gasteiger partial charge in [0.1, 0.15) is 5.82 Å². The Morgan fingerprint density at radius 1 is 0.480 bits per heavy atom. The molecule has 50 heavy (non-hydrogen) atoms. The van der Waals surface area contributed by atoms with E-state index in [1.165, 1.54) is 82.7 Å². The zero-order valence-corrected chi connectivity index (χ0v) is 27.7. The predicted molar refractivity (Wildman–Crippen MR) is 208 cm³/mol. The molecule has 9 aromatic rings. The molecule has 0 atom stereocenters. The number of hydrogen-bond acceptors (Lipinski definition) is 1. The van der Waals surface area contributed by atoms with Gasteiger partial charge in [-0.2, -0.15) is 0 Å². The number of hydrogen-bond donors (Lipinski definition) is 0. The van der Waals surface area contributed by atoms with E-state index in [2.05, 4.69) is 175 Å². The van der Waals surface area contributed by atoms with Crippen LogP contribution in [0.1, 0.15) is 29.2 Å². The van der Waals surface area contributed by atoms with Gasteiger partial charge in [0.2, 0.25) is 0 Å². The topological polar surface area (TPSA) is 17.8 Å². The molecular weight excluding hydrogens is 605 g/mol. The second-order valence-corrected chi connectivity index (χ2v) is 13.7. The smallest absolute Gasteiger partial charge is 0.141 e. The lowest BCUT2D eigenvalue weighted by Gasteiger charge is -2.32. The lowest BCUT2D eigenvalue weighted by atomic mass is 9.68. The van der Waals surface area contributed by atoms with Crippen LogP contribution in [0.3, 0.4) is 0 Å². The maximum atomic E-state index is 5.00. The molecule has 8 aromatic carbocycles. The molecule has 234 valence electrons. The van der Waals surface area contributed by atoms with Crippen molar-refractivity contribution in [2.45, 2.75) is 18.9 Å². The van der Waals surface area contributed by atoms with E-state index in [9.17, 15) is 0 Å². The Labute approximate surface area is 290 Å². The fraction of sp³-hybridized carbons (Fsp3) is 0.0625. The quantitative estimate of drug-likeness (QED) is 0.189. The van der Waals surface area contributed by atoms with Crippen LogP contribution in [0.25, 0.3) is 77.3 Å². The van der Waals surface area contributed by atoms with Gasteiger partial charge in [-0.05, 0) is 102 Å². The third kappa shape index (κ3) is 3.50. The van der Waals surface area contributed by atoms with Gasteiger partial charge in [0.25, 0.3) is 0 Å². The number of fused-ring (bicyclic) bond motifs is 15. The minimum Gasteiger partial charge on any atom is -0.324 e. The highest BCUT2D eigenvalue weighted by Crippen LogP contribution is 2.65. The number of imidazole rings is 1. The van der Waals surface area contributed by atoms with Gasteiger partial charge in [-0.1, -0.05) is 146 Å². The van der Waals surface area contributed by atoms with E-state index in [1.807, 2.05) is 0 Å². The molecule has 2 aliphatic rings. The van der Waals surface area contributed by atoms with Crippen LogP contribution in [0.15, 0.2) is 164 Å². The first-order valence-electron chi connectivity index (χ1n) is 17.6. The summed E-state index contributed by atoms with van der Waals surface area (Å²) in [6.07, 6.45) is 0. The Morgan fingerprint density at radius 2 is 1.06 bits per heavy atom. The van der Waals surface area contributed by atoms with Gasteiger partial charge in [0, 0.05) is 12.1 Å². The second-order valence-electron chi connectivity index (χ2n) is 13.7. The average molecular weight is 637 g/mol. The molecule has 2 heteroatoms.